The van der Waals surface area contributed by atoms with Crippen LogP contribution in [0.15, 0.2) is 11.6 Å². The van der Waals surface area contributed by atoms with Crippen molar-refractivity contribution in [2.45, 2.75) is 32.6 Å². The van der Waals surface area contributed by atoms with Crippen molar-refractivity contribution in [1.29, 1.82) is 0 Å². The summed E-state index contributed by atoms with van der Waals surface area (Å²) in [5.41, 5.74) is 1.40. The molecule has 2 heteroatoms. The first-order valence-corrected chi connectivity index (χ1v) is 4.53. The third-order valence-corrected chi connectivity index (χ3v) is 2.45. The molecule has 0 bridgehead atoms. The zero-order valence-electron chi connectivity index (χ0n) is 7.80. The maximum Gasteiger partial charge on any atom is 0.308 e. The van der Waals surface area contributed by atoms with Gasteiger partial charge in [-0.25, -0.2) is 0 Å². The summed E-state index contributed by atoms with van der Waals surface area (Å²) in [7, 11) is 1.46. The number of methoxy groups -OCH3 is 1. The molecule has 0 saturated carbocycles. The molecule has 68 valence electrons. The molecule has 12 heavy (non-hydrogen) atoms. The number of allylic oxidation sites excluding steroid dienone is 2. The summed E-state index contributed by atoms with van der Waals surface area (Å²) in [5.74, 6) is 0.0731. The first kappa shape index (κ1) is 9.30. The van der Waals surface area contributed by atoms with Gasteiger partial charge in [0.15, 0.2) is 0 Å². The molecule has 1 aliphatic carbocycles. The first-order valence-electron chi connectivity index (χ1n) is 4.53. The van der Waals surface area contributed by atoms with Gasteiger partial charge in [0.05, 0.1) is 13.0 Å². The van der Waals surface area contributed by atoms with E-state index >= 15 is 0 Å². The Morgan fingerprint density at radius 2 is 2.50 bits per heavy atom. The van der Waals surface area contributed by atoms with Gasteiger partial charge in [0, 0.05) is 0 Å². The van der Waals surface area contributed by atoms with Gasteiger partial charge in [-0.05, 0) is 25.7 Å². The van der Waals surface area contributed by atoms with E-state index in [1.165, 1.54) is 12.7 Å². The lowest BCUT2D eigenvalue weighted by Crippen LogP contribution is -2.18. The Morgan fingerprint density at radius 1 is 1.75 bits per heavy atom. The van der Waals surface area contributed by atoms with Gasteiger partial charge in [-0.3, -0.25) is 4.79 Å². The van der Waals surface area contributed by atoms with Crippen LogP contribution in [-0.4, -0.2) is 13.1 Å². The van der Waals surface area contributed by atoms with E-state index in [-0.39, 0.29) is 11.9 Å². The van der Waals surface area contributed by atoms with E-state index in [4.69, 9.17) is 4.74 Å². The molecular weight excluding hydrogens is 152 g/mol. The molecule has 0 amide bonds. The van der Waals surface area contributed by atoms with Gasteiger partial charge in [-0.15, -0.1) is 0 Å². The van der Waals surface area contributed by atoms with Crippen molar-refractivity contribution in [1.82, 2.24) is 0 Å². The van der Waals surface area contributed by atoms with E-state index < -0.39 is 0 Å². The van der Waals surface area contributed by atoms with Gasteiger partial charge in [0.2, 0.25) is 0 Å². The quantitative estimate of drug-likeness (QED) is 0.467. The average Bonchev–Trinajstić information content (AvgIpc) is 2.17. The monoisotopic (exact) mass is 168 g/mol. The molecular formula is C10H16O2. The molecule has 0 N–H and O–H groups in total. The number of hydrogen-bond acceptors (Lipinski definition) is 2. The lowest BCUT2D eigenvalue weighted by atomic mass is 9.88. The standard InChI is InChI=1S/C10H16O2/c1-3-8-5-4-6-9(7-8)10(11)12-2/h5,9H,3-4,6-7H2,1-2H3. The molecule has 0 radical (unpaired) electrons. The Balaban J connectivity index is 2.51. The van der Waals surface area contributed by atoms with Crippen LogP contribution in [-0.2, 0) is 9.53 Å². The van der Waals surface area contributed by atoms with Crippen LogP contribution >= 0.6 is 0 Å². The van der Waals surface area contributed by atoms with Gasteiger partial charge in [-0.1, -0.05) is 18.6 Å². The summed E-state index contributed by atoms with van der Waals surface area (Å²) < 4.78 is 4.72. The van der Waals surface area contributed by atoms with Crippen molar-refractivity contribution in [2.75, 3.05) is 7.11 Å². The number of esters is 1. The smallest absolute Gasteiger partial charge is 0.308 e. The van der Waals surface area contributed by atoms with Crippen LogP contribution in [0.2, 0.25) is 0 Å². The number of carbonyl (C=O) groups excluding carboxylic acids is 1. The van der Waals surface area contributed by atoms with Crippen molar-refractivity contribution in [3.8, 4) is 0 Å². The Labute approximate surface area is 73.6 Å². The predicted octanol–water partition coefficient (Wildman–Crippen LogP) is 2.30. The highest BCUT2D eigenvalue weighted by atomic mass is 16.5. The fourth-order valence-corrected chi connectivity index (χ4v) is 1.65. The summed E-state index contributed by atoms with van der Waals surface area (Å²) in [5, 5.41) is 0. The molecule has 0 heterocycles. The number of rotatable bonds is 2. The number of carbonyl (C=O) groups is 1. The molecule has 1 atom stereocenters. The second-order valence-corrected chi connectivity index (χ2v) is 3.22. The molecule has 0 aromatic rings. The van der Waals surface area contributed by atoms with Crippen molar-refractivity contribution in [3.05, 3.63) is 11.6 Å². The van der Waals surface area contributed by atoms with E-state index in [1.807, 2.05) is 0 Å². The minimum Gasteiger partial charge on any atom is -0.469 e. The van der Waals surface area contributed by atoms with Gasteiger partial charge in [0.25, 0.3) is 0 Å². The third kappa shape index (κ3) is 2.10. The second kappa shape index (κ2) is 4.29. The van der Waals surface area contributed by atoms with Crippen LogP contribution in [0.3, 0.4) is 0 Å². The minimum absolute atomic E-state index is 0.0472. The SMILES string of the molecule is CCC1=CCCC(C(=O)OC)C1. The fraction of sp³-hybridized carbons (Fsp3) is 0.700. The number of ether oxygens (including phenoxy) is 1. The van der Waals surface area contributed by atoms with Crippen molar-refractivity contribution in [3.63, 3.8) is 0 Å². The molecule has 1 aliphatic rings. The molecule has 1 rings (SSSR count). The van der Waals surface area contributed by atoms with Crippen LogP contribution in [0.5, 0.6) is 0 Å². The largest absolute Gasteiger partial charge is 0.469 e. The molecule has 0 saturated heterocycles. The Kier molecular flexibility index (Phi) is 3.32. The van der Waals surface area contributed by atoms with E-state index in [9.17, 15) is 4.79 Å². The normalized spacial score (nSPS) is 23.2. The van der Waals surface area contributed by atoms with Crippen molar-refractivity contribution in [2.24, 2.45) is 5.92 Å². The van der Waals surface area contributed by atoms with Crippen molar-refractivity contribution < 1.29 is 9.53 Å². The van der Waals surface area contributed by atoms with Crippen LogP contribution < -0.4 is 0 Å². The average molecular weight is 168 g/mol. The summed E-state index contributed by atoms with van der Waals surface area (Å²) in [6, 6.07) is 0. The summed E-state index contributed by atoms with van der Waals surface area (Å²) in [6.07, 6.45) is 6.20. The topological polar surface area (TPSA) is 26.3 Å². The van der Waals surface area contributed by atoms with Crippen LogP contribution in [0, 0.1) is 5.92 Å². The fourth-order valence-electron chi connectivity index (χ4n) is 1.65. The van der Waals surface area contributed by atoms with Gasteiger partial charge in [0.1, 0.15) is 0 Å². The highest BCUT2D eigenvalue weighted by molar-refractivity contribution is 5.72. The van der Waals surface area contributed by atoms with E-state index in [2.05, 4.69) is 13.0 Å². The Bertz CT molecular complexity index is 194. The lowest BCUT2D eigenvalue weighted by molar-refractivity contribution is -0.145. The summed E-state index contributed by atoms with van der Waals surface area (Å²) in [6.45, 7) is 2.13. The van der Waals surface area contributed by atoms with E-state index in [1.54, 1.807) is 0 Å². The zero-order valence-corrected chi connectivity index (χ0v) is 7.80. The zero-order chi connectivity index (χ0) is 8.97. The first-order chi connectivity index (χ1) is 5.77. The van der Waals surface area contributed by atoms with E-state index in [0.717, 1.165) is 25.7 Å². The van der Waals surface area contributed by atoms with E-state index in [0.29, 0.717) is 0 Å². The molecule has 0 aliphatic heterocycles. The maximum absolute atomic E-state index is 11.2. The third-order valence-electron chi connectivity index (χ3n) is 2.45. The molecule has 0 fully saturated rings. The Morgan fingerprint density at radius 3 is 3.08 bits per heavy atom. The van der Waals surface area contributed by atoms with Crippen LogP contribution in [0.1, 0.15) is 32.6 Å². The highest BCUT2D eigenvalue weighted by Crippen LogP contribution is 2.26. The number of hydrogen-bond donors (Lipinski definition) is 0. The van der Waals surface area contributed by atoms with Gasteiger partial charge >= 0.3 is 5.97 Å². The van der Waals surface area contributed by atoms with Crippen LogP contribution in [0.4, 0.5) is 0 Å². The predicted molar refractivity (Wildman–Crippen MR) is 47.7 cm³/mol. The second-order valence-electron chi connectivity index (χ2n) is 3.22. The van der Waals surface area contributed by atoms with Crippen LogP contribution in [0.25, 0.3) is 0 Å². The van der Waals surface area contributed by atoms with Gasteiger partial charge in [-0.2, -0.15) is 0 Å². The lowest BCUT2D eigenvalue weighted by Gasteiger charge is -2.19. The minimum atomic E-state index is -0.0472. The summed E-state index contributed by atoms with van der Waals surface area (Å²) >= 11 is 0. The molecule has 0 aromatic heterocycles. The van der Waals surface area contributed by atoms with Crippen molar-refractivity contribution >= 4 is 5.97 Å². The summed E-state index contributed by atoms with van der Waals surface area (Å²) in [4.78, 5) is 11.2. The van der Waals surface area contributed by atoms with Gasteiger partial charge < -0.3 is 4.74 Å². The molecule has 0 spiro atoms. The molecule has 0 aromatic carbocycles. The Hall–Kier alpha value is -0.790. The maximum atomic E-state index is 11.2. The molecule has 1 unspecified atom stereocenters. The highest BCUT2D eigenvalue weighted by Gasteiger charge is 2.22. The molecule has 2 nitrogen and oxygen atoms in total.